The maximum atomic E-state index is 6.39. The Kier molecular flexibility index (Phi) is 4.16. The number of halogens is 1. The maximum Gasteiger partial charge on any atom is 0.144 e. The van der Waals surface area contributed by atoms with E-state index in [0.29, 0.717) is 5.41 Å². The smallest absolute Gasteiger partial charge is 0.144 e. The molecule has 0 unspecified atom stereocenters. The summed E-state index contributed by atoms with van der Waals surface area (Å²) in [7, 11) is 1.72. The van der Waals surface area contributed by atoms with Crippen LogP contribution in [0.4, 0.5) is 5.82 Å². The minimum absolute atomic E-state index is 0.294. The van der Waals surface area contributed by atoms with Gasteiger partial charge >= 0.3 is 0 Å². The third kappa shape index (κ3) is 2.82. The summed E-state index contributed by atoms with van der Waals surface area (Å²) in [5.41, 5.74) is 4.10. The number of nitrogens with one attached hydrogen (secondary N) is 1. The maximum absolute atomic E-state index is 6.39. The van der Waals surface area contributed by atoms with Gasteiger partial charge in [0.1, 0.15) is 17.3 Å². The molecule has 0 atom stereocenters. The molecule has 2 aromatic rings. The monoisotopic (exact) mass is 411 g/mol. The van der Waals surface area contributed by atoms with Crippen molar-refractivity contribution in [3.8, 4) is 11.4 Å². The lowest BCUT2D eigenvalue weighted by molar-refractivity contribution is -0.00773. The summed E-state index contributed by atoms with van der Waals surface area (Å²) in [6.45, 7) is 1.00. The molecule has 5 heteroatoms. The molecule has 5 aliphatic rings. The number of hydrogen-bond donors (Lipinski definition) is 1. The highest BCUT2D eigenvalue weighted by Crippen LogP contribution is 2.61. The van der Waals surface area contributed by atoms with Gasteiger partial charge in [0.2, 0.25) is 0 Å². The third-order valence-electron chi connectivity index (χ3n) is 8.04. The molecule has 0 spiro atoms. The van der Waals surface area contributed by atoms with E-state index in [0.717, 1.165) is 47.2 Å². The number of aromatic nitrogens is 2. The molecule has 1 aliphatic heterocycles. The number of hydrogen-bond acceptors (Lipinski definition) is 3. The van der Waals surface area contributed by atoms with Crippen LogP contribution < -0.4 is 10.1 Å². The van der Waals surface area contributed by atoms with E-state index in [9.17, 15) is 0 Å². The predicted octanol–water partition coefficient (Wildman–Crippen LogP) is 5.75. The van der Waals surface area contributed by atoms with Crippen LogP contribution in [-0.4, -0.2) is 23.4 Å². The summed E-state index contributed by atoms with van der Waals surface area (Å²) < 4.78 is 7.80. The van der Waals surface area contributed by atoms with Gasteiger partial charge in [-0.3, -0.25) is 0 Å². The second-order valence-electron chi connectivity index (χ2n) is 9.99. The predicted molar refractivity (Wildman–Crippen MR) is 116 cm³/mol. The van der Waals surface area contributed by atoms with E-state index in [2.05, 4.69) is 10.00 Å². The van der Waals surface area contributed by atoms with Crippen molar-refractivity contribution < 1.29 is 4.74 Å². The number of rotatable bonds is 3. The van der Waals surface area contributed by atoms with Crippen LogP contribution in [0.1, 0.15) is 62.6 Å². The zero-order valence-corrected chi connectivity index (χ0v) is 18.0. The van der Waals surface area contributed by atoms with E-state index in [1.165, 1.54) is 68.4 Å². The Morgan fingerprint density at radius 3 is 2.52 bits per heavy atom. The summed E-state index contributed by atoms with van der Waals surface area (Å²) >= 11 is 6.39. The molecular weight excluding hydrogens is 382 g/mol. The van der Waals surface area contributed by atoms with Gasteiger partial charge in [-0.15, -0.1) is 0 Å². The minimum Gasteiger partial charge on any atom is -0.494 e. The van der Waals surface area contributed by atoms with E-state index >= 15 is 0 Å². The van der Waals surface area contributed by atoms with E-state index in [-0.39, 0.29) is 0 Å². The highest BCUT2D eigenvalue weighted by Gasteiger charge is 2.53. The molecule has 154 valence electrons. The van der Waals surface area contributed by atoms with Crippen molar-refractivity contribution in [2.24, 2.45) is 17.8 Å². The highest BCUT2D eigenvalue weighted by atomic mass is 35.5. The molecule has 0 radical (unpaired) electrons. The molecule has 29 heavy (non-hydrogen) atoms. The SMILES string of the molecule is COc1ccc(Cl)cc1-n1nc(C23CC4CC(CC(C4)C2)C3)c2c1NCCCC2. The van der Waals surface area contributed by atoms with Crippen molar-refractivity contribution in [1.29, 1.82) is 0 Å². The lowest BCUT2D eigenvalue weighted by Gasteiger charge is -2.56. The quantitative estimate of drug-likeness (QED) is 0.698. The fraction of sp³-hybridized carbons (Fsp3) is 0.625. The first-order chi connectivity index (χ1) is 14.1. The Hall–Kier alpha value is -1.68. The van der Waals surface area contributed by atoms with Gasteiger partial charge in [0.15, 0.2) is 0 Å². The Labute approximate surface area is 178 Å². The van der Waals surface area contributed by atoms with Crippen molar-refractivity contribution in [1.82, 2.24) is 9.78 Å². The molecule has 7 rings (SSSR count). The Morgan fingerprint density at radius 1 is 1.10 bits per heavy atom. The van der Waals surface area contributed by atoms with E-state index in [1.54, 1.807) is 7.11 Å². The first-order valence-corrected chi connectivity index (χ1v) is 11.7. The van der Waals surface area contributed by atoms with Gasteiger partial charge in [-0.25, -0.2) is 4.68 Å². The molecule has 0 saturated heterocycles. The summed E-state index contributed by atoms with van der Waals surface area (Å²) in [6, 6.07) is 5.83. The molecule has 4 fully saturated rings. The van der Waals surface area contributed by atoms with E-state index < -0.39 is 0 Å². The van der Waals surface area contributed by atoms with E-state index in [4.69, 9.17) is 21.4 Å². The van der Waals surface area contributed by atoms with Crippen LogP contribution in [0.15, 0.2) is 18.2 Å². The normalized spacial score (nSPS) is 32.6. The lowest BCUT2D eigenvalue weighted by Crippen LogP contribution is -2.49. The van der Waals surface area contributed by atoms with Crippen LogP contribution in [0, 0.1) is 17.8 Å². The zero-order valence-electron chi connectivity index (χ0n) is 17.2. The van der Waals surface area contributed by atoms with Gasteiger partial charge in [-0.2, -0.15) is 5.10 Å². The molecule has 1 aromatic heterocycles. The van der Waals surface area contributed by atoms with Gasteiger partial charge in [0.25, 0.3) is 0 Å². The number of nitrogens with zero attached hydrogens (tertiary/aromatic N) is 2. The topological polar surface area (TPSA) is 39.1 Å². The molecule has 4 nitrogen and oxygen atoms in total. The number of benzene rings is 1. The molecule has 0 amide bonds. The van der Waals surface area contributed by atoms with E-state index in [1.807, 2.05) is 18.2 Å². The summed E-state index contributed by atoms with van der Waals surface area (Å²) in [5.74, 6) is 4.75. The number of fused-ring (bicyclic) bond motifs is 1. The molecule has 4 saturated carbocycles. The Balaban J connectivity index is 1.53. The first-order valence-electron chi connectivity index (χ1n) is 11.4. The lowest BCUT2D eigenvalue weighted by atomic mass is 9.48. The van der Waals surface area contributed by atoms with Gasteiger partial charge < -0.3 is 10.1 Å². The Bertz CT molecular complexity index is 915. The average Bonchev–Trinajstić information content (AvgIpc) is 2.89. The second kappa shape index (κ2) is 6.66. The van der Waals surface area contributed by atoms with Crippen molar-refractivity contribution in [3.63, 3.8) is 0 Å². The van der Waals surface area contributed by atoms with Crippen LogP contribution in [0.5, 0.6) is 5.75 Å². The molecule has 1 aromatic carbocycles. The fourth-order valence-corrected chi connectivity index (χ4v) is 7.50. The summed E-state index contributed by atoms with van der Waals surface area (Å²) in [4.78, 5) is 0. The minimum atomic E-state index is 0.294. The fourth-order valence-electron chi connectivity index (χ4n) is 7.33. The molecule has 1 N–H and O–H groups in total. The van der Waals surface area contributed by atoms with Gasteiger partial charge in [0.05, 0.1) is 12.8 Å². The Morgan fingerprint density at radius 2 is 1.83 bits per heavy atom. The van der Waals surface area contributed by atoms with Crippen molar-refractivity contribution >= 4 is 17.4 Å². The highest BCUT2D eigenvalue weighted by molar-refractivity contribution is 6.30. The van der Waals surface area contributed by atoms with Crippen LogP contribution in [0.3, 0.4) is 0 Å². The van der Waals surface area contributed by atoms with Gasteiger partial charge in [-0.05, 0) is 93.7 Å². The standard InChI is InChI=1S/C24H30ClN3O/c1-29-21-6-5-18(25)11-20(21)28-23-19(4-2-3-7-26-23)22(27-28)24-12-15-8-16(13-24)10-17(9-15)14-24/h5-6,11,15-17,26H,2-4,7-10,12-14H2,1H3. The van der Waals surface area contributed by atoms with Crippen molar-refractivity contribution in [3.05, 3.63) is 34.5 Å². The number of anilines is 1. The molecule has 2 heterocycles. The van der Waals surface area contributed by atoms with Crippen molar-refractivity contribution in [2.75, 3.05) is 19.0 Å². The van der Waals surface area contributed by atoms with Gasteiger partial charge in [-0.1, -0.05) is 11.6 Å². The number of ether oxygens (including phenoxy) is 1. The first kappa shape index (κ1) is 18.1. The van der Waals surface area contributed by atoms with Crippen LogP contribution in [0.25, 0.3) is 5.69 Å². The van der Waals surface area contributed by atoms with Crippen LogP contribution in [0.2, 0.25) is 5.02 Å². The number of methoxy groups -OCH3 is 1. The molecular formula is C24H30ClN3O. The van der Waals surface area contributed by atoms with Crippen molar-refractivity contribution in [2.45, 2.75) is 63.2 Å². The molecule has 4 aliphatic carbocycles. The zero-order chi connectivity index (χ0) is 19.6. The van der Waals surface area contributed by atoms with Crippen LogP contribution in [-0.2, 0) is 11.8 Å². The average molecular weight is 412 g/mol. The van der Waals surface area contributed by atoms with Gasteiger partial charge in [0, 0.05) is 22.5 Å². The third-order valence-corrected chi connectivity index (χ3v) is 8.27. The molecule has 4 bridgehead atoms. The summed E-state index contributed by atoms with van der Waals surface area (Å²) in [5, 5.41) is 9.79. The summed E-state index contributed by atoms with van der Waals surface area (Å²) in [6.07, 6.45) is 12.0. The largest absolute Gasteiger partial charge is 0.494 e. The van der Waals surface area contributed by atoms with Crippen LogP contribution >= 0.6 is 11.6 Å². The second-order valence-corrected chi connectivity index (χ2v) is 10.4.